The quantitative estimate of drug-likeness (QED) is 0.596. The van der Waals surface area contributed by atoms with Gasteiger partial charge in [-0.05, 0) is 30.7 Å². The highest BCUT2D eigenvalue weighted by atomic mass is 16.5. The summed E-state index contributed by atoms with van der Waals surface area (Å²) in [6, 6.07) is 7.35. The van der Waals surface area contributed by atoms with Gasteiger partial charge in [0.2, 0.25) is 0 Å². The Labute approximate surface area is 146 Å². The van der Waals surface area contributed by atoms with Gasteiger partial charge in [0.05, 0.1) is 26.1 Å². The number of methoxy groups -OCH3 is 2. The van der Waals surface area contributed by atoms with Crippen LogP contribution in [0.1, 0.15) is 18.9 Å². The second-order valence-corrected chi connectivity index (χ2v) is 5.20. The zero-order chi connectivity index (χ0) is 18.2. The van der Waals surface area contributed by atoms with Crippen LogP contribution < -0.4 is 14.8 Å². The van der Waals surface area contributed by atoms with Gasteiger partial charge in [-0.1, -0.05) is 6.92 Å². The molecule has 0 bridgehead atoms. The number of aromatic nitrogens is 2. The van der Waals surface area contributed by atoms with E-state index in [0.717, 1.165) is 12.0 Å². The lowest BCUT2D eigenvalue weighted by Crippen LogP contribution is -2.25. The Bertz CT molecular complexity index is 818. The van der Waals surface area contributed by atoms with Crippen molar-refractivity contribution in [2.24, 2.45) is 0 Å². The van der Waals surface area contributed by atoms with Crippen molar-refractivity contribution in [2.45, 2.75) is 13.3 Å². The topological polar surface area (TPSA) is 100 Å². The number of amides is 1. The van der Waals surface area contributed by atoms with Gasteiger partial charge in [0.25, 0.3) is 5.91 Å². The first kappa shape index (κ1) is 18.1. The fourth-order valence-corrected chi connectivity index (χ4v) is 2.27. The summed E-state index contributed by atoms with van der Waals surface area (Å²) >= 11 is 0. The van der Waals surface area contributed by atoms with E-state index in [9.17, 15) is 10.1 Å². The summed E-state index contributed by atoms with van der Waals surface area (Å²) in [6.07, 6.45) is 3.88. The van der Waals surface area contributed by atoms with Crippen molar-refractivity contribution in [2.75, 3.05) is 20.8 Å². The fourth-order valence-electron chi connectivity index (χ4n) is 2.27. The maximum absolute atomic E-state index is 12.0. The molecule has 25 heavy (non-hydrogen) atoms. The average molecular weight is 340 g/mol. The highest BCUT2D eigenvalue weighted by Gasteiger charge is 2.13. The molecule has 0 saturated heterocycles. The summed E-state index contributed by atoms with van der Waals surface area (Å²) in [5.74, 6) is 0.786. The van der Waals surface area contributed by atoms with Crippen molar-refractivity contribution in [3.8, 4) is 28.8 Å². The largest absolute Gasteiger partial charge is 0.493 e. The lowest BCUT2D eigenvalue weighted by Gasteiger charge is -2.09. The van der Waals surface area contributed by atoms with Crippen LogP contribution in [-0.4, -0.2) is 36.9 Å². The van der Waals surface area contributed by atoms with Gasteiger partial charge in [0, 0.05) is 17.7 Å². The summed E-state index contributed by atoms with van der Waals surface area (Å²) in [5.41, 5.74) is 2.14. The zero-order valence-electron chi connectivity index (χ0n) is 14.4. The van der Waals surface area contributed by atoms with Crippen molar-refractivity contribution < 1.29 is 14.3 Å². The summed E-state index contributed by atoms with van der Waals surface area (Å²) in [5, 5.41) is 18.9. The van der Waals surface area contributed by atoms with Crippen molar-refractivity contribution in [1.82, 2.24) is 15.5 Å². The Morgan fingerprint density at radius 2 is 2.12 bits per heavy atom. The van der Waals surface area contributed by atoms with Crippen LogP contribution in [0.5, 0.6) is 11.5 Å². The Balaban J connectivity index is 2.39. The average Bonchev–Trinajstić information content (AvgIpc) is 3.11. The molecule has 0 aliphatic rings. The Hall–Kier alpha value is -3.27. The van der Waals surface area contributed by atoms with Crippen LogP contribution in [0.15, 0.2) is 30.0 Å². The van der Waals surface area contributed by atoms with E-state index in [2.05, 4.69) is 15.5 Å². The lowest BCUT2D eigenvalue weighted by molar-refractivity contribution is -0.117. The van der Waals surface area contributed by atoms with E-state index in [4.69, 9.17) is 9.47 Å². The molecule has 1 aromatic heterocycles. The number of rotatable bonds is 7. The van der Waals surface area contributed by atoms with E-state index < -0.39 is 5.91 Å². The second kappa shape index (κ2) is 8.55. The molecule has 0 unspecified atom stereocenters. The minimum atomic E-state index is -0.399. The van der Waals surface area contributed by atoms with Gasteiger partial charge in [-0.2, -0.15) is 10.4 Å². The first-order valence-corrected chi connectivity index (χ1v) is 7.80. The third-order valence-electron chi connectivity index (χ3n) is 3.54. The van der Waals surface area contributed by atoms with Crippen molar-refractivity contribution in [3.63, 3.8) is 0 Å². The smallest absolute Gasteiger partial charge is 0.261 e. The number of nitriles is 1. The standard InChI is InChI=1S/C18H20N4O3/c1-4-7-20-18(23)13(10-19)8-14-11-21-22-17(14)12-5-6-15(24-2)16(9-12)25-3/h5-6,8-9,11H,4,7H2,1-3H3,(H,20,23)(H,21,22)/b13-8-. The van der Waals surface area contributed by atoms with Gasteiger partial charge < -0.3 is 14.8 Å². The summed E-state index contributed by atoms with van der Waals surface area (Å²) in [7, 11) is 3.12. The monoisotopic (exact) mass is 340 g/mol. The van der Waals surface area contributed by atoms with Gasteiger partial charge in [-0.3, -0.25) is 9.89 Å². The minimum absolute atomic E-state index is 0.0246. The third kappa shape index (κ3) is 4.18. The molecule has 0 aliphatic carbocycles. The Morgan fingerprint density at radius 1 is 1.36 bits per heavy atom. The SMILES string of the molecule is CCCNC(=O)/C(C#N)=C\c1cn[nH]c1-c1ccc(OC)c(OC)c1. The van der Waals surface area contributed by atoms with Crippen LogP contribution in [0.3, 0.4) is 0 Å². The summed E-state index contributed by atoms with van der Waals surface area (Å²) in [4.78, 5) is 12.0. The number of nitrogens with one attached hydrogen (secondary N) is 2. The highest BCUT2D eigenvalue weighted by Crippen LogP contribution is 2.33. The predicted molar refractivity (Wildman–Crippen MR) is 94.0 cm³/mol. The molecule has 7 heteroatoms. The second-order valence-electron chi connectivity index (χ2n) is 5.20. The minimum Gasteiger partial charge on any atom is -0.493 e. The number of carbonyl (C=O) groups is 1. The normalized spacial score (nSPS) is 10.9. The third-order valence-corrected chi connectivity index (χ3v) is 3.54. The number of nitrogens with zero attached hydrogens (tertiary/aromatic N) is 2. The maximum Gasteiger partial charge on any atom is 0.261 e. The van der Waals surface area contributed by atoms with E-state index in [1.807, 2.05) is 19.1 Å². The van der Waals surface area contributed by atoms with Gasteiger partial charge in [0.15, 0.2) is 11.5 Å². The molecular formula is C18H20N4O3. The molecule has 2 rings (SSSR count). The molecule has 0 atom stereocenters. The lowest BCUT2D eigenvalue weighted by atomic mass is 10.1. The fraction of sp³-hybridized carbons (Fsp3) is 0.278. The number of carbonyl (C=O) groups excluding carboxylic acids is 1. The first-order valence-electron chi connectivity index (χ1n) is 7.80. The molecule has 1 amide bonds. The highest BCUT2D eigenvalue weighted by molar-refractivity contribution is 6.02. The molecule has 0 spiro atoms. The van der Waals surface area contributed by atoms with Crippen LogP contribution in [0.4, 0.5) is 0 Å². The van der Waals surface area contributed by atoms with E-state index in [0.29, 0.717) is 29.3 Å². The van der Waals surface area contributed by atoms with E-state index >= 15 is 0 Å². The van der Waals surface area contributed by atoms with Crippen molar-refractivity contribution in [1.29, 1.82) is 5.26 Å². The number of hydrogen-bond acceptors (Lipinski definition) is 5. The van der Waals surface area contributed by atoms with E-state index in [1.165, 1.54) is 6.08 Å². The number of hydrogen-bond donors (Lipinski definition) is 2. The molecular weight excluding hydrogens is 320 g/mol. The molecule has 1 aromatic carbocycles. The molecule has 2 aromatic rings. The van der Waals surface area contributed by atoms with E-state index in [-0.39, 0.29) is 5.57 Å². The molecule has 0 fully saturated rings. The van der Waals surface area contributed by atoms with Crippen molar-refractivity contribution in [3.05, 3.63) is 35.5 Å². The van der Waals surface area contributed by atoms with Gasteiger partial charge in [-0.15, -0.1) is 0 Å². The number of ether oxygens (including phenoxy) is 2. The van der Waals surface area contributed by atoms with E-state index in [1.54, 1.807) is 32.5 Å². The zero-order valence-corrected chi connectivity index (χ0v) is 14.4. The van der Waals surface area contributed by atoms with Crippen LogP contribution >= 0.6 is 0 Å². The first-order chi connectivity index (χ1) is 12.1. The molecule has 0 radical (unpaired) electrons. The summed E-state index contributed by atoms with van der Waals surface area (Å²) in [6.45, 7) is 2.47. The Kier molecular flexibility index (Phi) is 6.18. The summed E-state index contributed by atoms with van der Waals surface area (Å²) < 4.78 is 10.5. The van der Waals surface area contributed by atoms with Gasteiger partial charge in [-0.25, -0.2) is 0 Å². The maximum atomic E-state index is 12.0. The van der Waals surface area contributed by atoms with Gasteiger partial charge >= 0.3 is 0 Å². The van der Waals surface area contributed by atoms with Crippen LogP contribution in [0, 0.1) is 11.3 Å². The molecule has 0 aliphatic heterocycles. The predicted octanol–water partition coefficient (Wildman–Crippen LogP) is 2.53. The molecule has 7 nitrogen and oxygen atoms in total. The number of aromatic amines is 1. The molecule has 2 N–H and O–H groups in total. The van der Waals surface area contributed by atoms with Crippen LogP contribution in [-0.2, 0) is 4.79 Å². The van der Waals surface area contributed by atoms with Crippen LogP contribution in [0.25, 0.3) is 17.3 Å². The van der Waals surface area contributed by atoms with Gasteiger partial charge in [0.1, 0.15) is 11.6 Å². The Morgan fingerprint density at radius 3 is 2.76 bits per heavy atom. The molecule has 1 heterocycles. The number of benzene rings is 1. The van der Waals surface area contributed by atoms with Crippen LogP contribution in [0.2, 0.25) is 0 Å². The molecule has 0 saturated carbocycles. The number of H-pyrrole nitrogens is 1. The molecule has 130 valence electrons. The van der Waals surface area contributed by atoms with Crippen molar-refractivity contribution >= 4 is 12.0 Å².